The van der Waals surface area contributed by atoms with Crippen LogP contribution in [0.5, 0.6) is 0 Å². The van der Waals surface area contributed by atoms with Crippen LogP contribution in [0, 0.1) is 6.92 Å². The summed E-state index contributed by atoms with van der Waals surface area (Å²) in [5, 5.41) is 0. The van der Waals surface area contributed by atoms with Gasteiger partial charge in [-0.2, -0.15) is 4.57 Å². The summed E-state index contributed by atoms with van der Waals surface area (Å²) in [6, 6.07) is 32.0. The number of fused-ring (bicyclic) bond motifs is 2. The largest absolute Gasteiger partial charge is 0.440 e. The summed E-state index contributed by atoms with van der Waals surface area (Å²) >= 11 is 0. The Balaban J connectivity index is 1.63. The Morgan fingerprint density at radius 3 is 2.23 bits per heavy atom. The summed E-state index contributed by atoms with van der Waals surface area (Å²) in [5.41, 5.74) is 9.85. The molecule has 4 nitrogen and oxygen atoms in total. The Kier molecular flexibility index (Phi) is 5.03. The number of aromatic nitrogens is 3. The molecule has 35 heavy (non-hydrogen) atoms. The molecule has 172 valence electrons. The highest BCUT2D eigenvalue weighted by atomic mass is 16.3. The normalized spacial score (nSPS) is 11.7. The Labute approximate surface area is 205 Å². The van der Waals surface area contributed by atoms with Crippen molar-refractivity contribution >= 4 is 22.1 Å². The van der Waals surface area contributed by atoms with Crippen LogP contribution in [0.15, 0.2) is 95.4 Å². The summed E-state index contributed by atoms with van der Waals surface area (Å²) in [4.78, 5) is 4.96. The Bertz CT molecular complexity index is 1670. The zero-order valence-corrected chi connectivity index (χ0v) is 20.5. The van der Waals surface area contributed by atoms with Gasteiger partial charge in [-0.3, -0.25) is 0 Å². The highest BCUT2D eigenvalue weighted by molar-refractivity contribution is 5.92. The minimum Gasteiger partial charge on any atom is -0.440 e. The van der Waals surface area contributed by atoms with Crippen molar-refractivity contribution in [2.45, 2.75) is 26.7 Å². The van der Waals surface area contributed by atoms with Crippen molar-refractivity contribution in [1.82, 2.24) is 9.55 Å². The third-order valence-electron chi connectivity index (χ3n) is 6.75. The first kappa shape index (κ1) is 21.4. The molecule has 6 aromatic rings. The molecule has 2 heterocycles. The van der Waals surface area contributed by atoms with E-state index in [9.17, 15) is 0 Å². The van der Waals surface area contributed by atoms with Gasteiger partial charge in [0.15, 0.2) is 22.5 Å². The standard InChI is InChI=1S/C31H28N3O/c1-20(2)30-32-29-27(35-30)19-14-21(3)28(29)31-33(4)25-12-8-9-13-26(25)34(31)24-17-15-23(16-18-24)22-10-6-5-7-11-22/h5-20H,1-4H3/q+1. The van der Waals surface area contributed by atoms with Gasteiger partial charge in [0.05, 0.1) is 12.6 Å². The molecule has 0 saturated heterocycles. The predicted octanol–water partition coefficient (Wildman–Crippen LogP) is 7.36. The molecule has 0 bridgehead atoms. The van der Waals surface area contributed by atoms with Gasteiger partial charge in [-0.25, -0.2) is 9.55 Å². The Morgan fingerprint density at radius 1 is 0.800 bits per heavy atom. The maximum absolute atomic E-state index is 6.14. The van der Waals surface area contributed by atoms with Crippen molar-refractivity contribution in [2.24, 2.45) is 7.05 Å². The van der Waals surface area contributed by atoms with E-state index >= 15 is 0 Å². The zero-order chi connectivity index (χ0) is 24.1. The monoisotopic (exact) mass is 458 g/mol. The highest BCUT2D eigenvalue weighted by Gasteiger charge is 2.30. The van der Waals surface area contributed by atoms with Crippen LogP contribution in [0.2, 0.25) is 0 Å². The number of rotatable bonds is 4. The van der Waals surface area contributed by atoms with Gasteiger partial charge < -0.3 is 4.42 Å². The fraction of sp³-hybridized carbons (Fsp3) is 0.161. The highest BCUT2D eigenvalue weighted by Crippen LogP contribution is 2.35. The second-order valence-corrected chi connectivity index (χ2v) is 9.43. The lowest BCUT2D eigenvalue weighted by Crippen LogP contribution is -2.30. The van der Waals surface area contributed by atoms with E-state index in [1.54, 1.807) is 0 Å². The third kappa shape index (κ3) is 3.45. The first-order valence-corrected chi connectivity index (χ1v) is 12.1. The number of aryl methyl sites for hydroxylation is 2. The molecule has 0 atom stereocenters. The molecular weight excluding hydrogens is 430 g/mol. The SMILES string of the molecule is Cc1ccc2oc(C(C)C)nc2c1-c1n(-c2ccc(-c3ccccc3)cc2)c2ccccc2[n+]1C. The van der Waals surface area contributed by atoms with Gasteiger partial charge in [-0.05, 0) is 53.9 Å². The molecule has 4 heteroatoms. The summed E-state index contributed by atoms with van der Waals surface area (Å²) in [7, 11) is 2.13. The molecule has 2 aromatic heterocycles. The maximum Gasteiger partial charge on any atom is 0.297 e. The van der Waals surface area contributed by atoms with E-state index in [0.717, 1.165) is 39.6 Å². The van der Waals surface area contributed by atoms with Crippen LogP contribution in [-0.4, -0.2) is 9.55 Å². The first-order valence-electron chi connectivity index (χ1n) is 12.1. The van der Waals surface area contributed by atoms with Crippen LogP contribution in [0.4, 0.5) is 0 Å². The summed E-state index contributed by atoms with van der Waals surface area (Å²) in [6.45, 7) is 6.38. The molecular formula is C31H28N3O+. The van der Waals surface area contributed by atoms with E-state index in [1.807, 2.05) is 12.1 Å². The van der Waals surface area contributed by atoms with Crippen molar-refractivity contribution in [3.05, 3.63) is 102 Å². The second-order valence-electron chi connectivity index (χ2n) is 9.43. The molecule has 0 saturated carbocycles. The minimum absolute atomic E-state index is 0.223. The number of oxazole rings is 1. The lowest BCUT2D eigenvalue weighted by molar-refractivity contribution is -0.633. The Morgan fingerprint density at radius 2 is 1.49 bits per heavy atom. The molecule has 0 radical (unpaired) electrons. The van der Waals surface area contributed by atoms with Gasteiger partial charge in [0.1, 0.15) is 11.2 Å². The molecule has 0 aliphatic carbocycles. The van der Waals surface area contributed by atoms with E-state index in [1.165, 1.54) is 22.2 Å². The molecule has 4 aromatic carbocycles. The zero-order valence-electron chi connectivity index (χ0n) is 20.5. The van der Waals surface area contributed by atoms with Crippen molar-refractivity contribution in [3.63, 3.8) is 0 Å². The van der Waals surface area contributed by atoms with E-state index in [0.29, 0.717) is 0 Å². The molecule has 0 amide bonds. The van der Waals surface area contributed by atoms with Crippen LogP contribution < -0.4 is 4.57 Å². The van der Waals surface area contributed by atoms with Crippen LogP contribution in [0.25, 0.3) is 50.3 Å². The van der Waals surface area contributed by atoms with Gasteiger partial charge >= 0.3 is 0 Å². The number of imidazole rings is 1. The first-order chi connectivity index (χ1) is 17.0. The number of benzene rings is 4. The fourth-order valence-electron chi connectivity index (χ4n) is 4.93. The number of para-hydroxylation sites is 2. The summed E-state index contributed by atoms with van der Waals surface area (Å²) in [6.07, 6.45) is 0. The topological polar surface area (TPSA) is 34.8 Å². The predicted molar refractivity (Wildman–Crippen MR) is 142 cm³/mol. The van der Waals surface area contributed by atoms with Crippen molar-refractivity contribution in [2.75, 3.05) is 0 Å². The van der Waals surface area contributed by atoms with Crippen molar-refractivity contribution in [3.8, 4) is 28.2 Å². The van der Waals surface area contributed by atoms with Gasteiger partial charge in [0.25, 0.3) is 5.82 Å². The van der Waals surface area contributed by atoms with Crippen molar-refractivity contribution < 1.29 is 8.98 Å². The lowest BCUT2D eigenvalue weighted by Gasteiger charge is -2.08. The summed E-state index contributed by atoms with van der Waals surface area (Å²) < 4.78 is 10.8. The van der Waals surface area contributed by atoms with E-state index in [4.69, 9.17) is 9.40 Å². The minimum atomic E-state index is 0.223. The van der Waals surface area contributed by atoms with Gasteiger partial charge in [-0.1, -0.05) is 74.5 Å². The lowest BCUT2D eigenvalue weighted by atomic mass is 10.0. The number of hydrogen-bond acceptors (Lipinski definition) is 2. The maximum atomic E-state index is 6.14. The quantitative estimate of drug-likeness (QED) is 0.259. The number of nitrogens with zero attached hydrogens (tertiary/aromatic N) is 3. The van der Waals surface area contributed by atoms with E-state index in [2.05, 4.69) is 116 Å². The Hall–Kier alpha value is -4.18. The van der Waals surface area contributed by atoms with Gasteiger partial charge in [0, 0.05) is 5.92 Å². The molecule has 0 aliphatic rings. The molecule has 0 N–H and O–H groups in total. The van der Waals surface area contributed by atoms with Crippen molar-refractivity contribution in [1.29, 1.82) is 0 Å². The van der Waals surface area contributed by atoms with Crippen LogP contribution in [-0.2, 0) is 7.05 Å². The average Bonchev–Trinajstić information content (AvgIpc) is 3.45. The third-order valence-corrected chi connectivity index (χ3v) is 6.75. The van der Waals surface area contributed by atoms with Crippen LogP contribution >= 0.6 is 0 Å². The number of hydrogen-bond donors (Lipinski definition) is 0. The second kappa shape index (κ2) is 8.24. The molecule has 6 rings (SSSR count). The molecule has 0 fully saturated rings. The average molecular weight is 459 g/mol. The van der Waals surface area contributed by atoms with Gasteiger partial charge in [0.2, 0.25) is 0 Å². The molecule has 0 aliphatic heterocycles. The van der Waals surface area contributed by atoms with Crippen LogP contribution in [0.3, 0.4) is 0 Å². The van der Waals surface area contributed by atoms with E-state index < -0.39 is 0 Å². The van der Waals surface area contributed by atoms with Crippen LogP contribution in [0.1, 0.15) is 31.2 Å². The summed E-state index contributed by atoms with van der Waals surface area (Å²) in [5.74, 6) is 2.08. The smallest absolute Gasteiger partial charge is 0.297 e. The molecule has 0 unspecified atom stereocenters. The van der Waals surface area contributed by atoms with Gasteiger partial charge in [-0.15, -0.1) is 0 Å². The molecule has 0 spiro atoms. The van der Waals surface area contributed by atoms with E-state index in [-0.39, 0.29) is 5.92 Å². The fourth-order valence-corrected chi connectivity index (χ4v) is 4.93.